The van der Waals surface area contributed by atoms with Crippen LogP contribution in [0, 0.1) is 5.92 Å². The number of rotatable bonds is 9. The summed E-state index contributed by atoms with van der Waals surface area (Å²) in [5.74, 6) is 2.55. The Balaban J connectivity index is 1.53. The van der Waals surface area contributed by atoms with Crippen molar-refractivity contribution >= 4 is 0 Å². The standard InChI is InChI=1S/C26H29NO2/c1-19(22-6-4-3-5-7-22)27-17-21-10-15-26(29-18-20-8-9-20)25(16-21)23-11-13-24(28-2)14-12-23/h3-7,10-16,19-20,27H,8-9,17-18H2,1-2H3/t19-/m1/s1. The van der Waals surface area contributed by atoms with Crippen molar-refractivity contribution in [1.82, 2.24) is 5.32 Å². The lowest BCUT2D eigenvalue weighted by molar-refractivity contribution is 0.301. The highest BCUT2D eigenvalue weighted by atomic mass is 16.5. The van der Waals surface area contributed by atoms with Crippen molar-refractivity contribution in [2.24, 2.45) is 5.92 Å². The van der Waals surface area contributed by atoms with Crippen LogP contribution in [0.3, 0.4) is 0 Å². The molecule has 1 aliphatic carbocycles. The lowest BCUT2D eigenvalue weighted by atomic mass is 10.0. The van der Waals surface area contributed by atoms with Gasteiger partial charge in [-0.05, 0) is 66.6 Å². The molecule has 3 aromatic rings. The van der Waals surface area contributed by atoms with Gasteiger partial charge in [0.25, 0.3) is 0 Å². The van der Waals surface area contributed by atoms with Gasteiger partial charge in [0.05, 0.1) is 13.7 Å². The van der Waals surface area contributed by atoms with Crippen LogP contribution < -0.4 is 14.8 Å². The van der Waals surface area contributed by atoms with Crippen LogP contribution in [0.15, 0.2) is 72.8 Å². The fourth-order valence-electron chi connectivity index (χ4n) is 3.43. The van der Waals surface area contributed by atoms with E-state index in [0.717, 1.165) is 41.7 Å². The summed E-state index contributed by atoms with van der Waals surface area (Å²) in [6.45, 7) is 3.82. The van der Waals surface area contributed by atoms with E-state index in [4.69, 9.17) is 9.47 Å². The summed E-state index contributed by atoms with van der Waals surface area (Å²) in [6, 6.07) is 25.6. The maximum atomic E-state index is 6.17. The zero-order valence-corrected chi connectivity index (χ0v) is 17.2. The molecule has 0 bridgehead atoms. The van der Waals surface area contributed by atoms with E-state index >= 15 is 0 Å². The van der Waals surface area contributed by atoms with Gasteiger partial charge in [-0.1, -0.05) is 48.5 Å². The predicted octanol–water partition coefficient (Wildman–Crippen LogP) is 6.00. The van der Waals surface area contributed by atoms with Crippen molar-refractivity contribution in [1.29, 1.82) is 0 Å². The number of nitrogens with one attached hydrogen (secondary N) is 1. The Bertz CT molecular complexity index is 917. The Morgan fingerprint density at radius 3 is 2.41 bits per heavy atom. The average Bonchev–Trinajstić information content (AvgIpc) is 3.61. The highest BCUT2D eigenvalue weighted by Gasteiger charge is 2.22. The maximum absolute atomic E-state index is 6.17. The molecule has 0 spiro atoms. The number of hydrogen-bond acceptors (Lipinski definition) is 3. The molecule has 1 atom stereocenters. The van der Waals surface area contributed by atoms with Crippen molar-refractivity contribution in [2.45, 2.75) is 32.4 Å². The van der Waals surface area contributed by atoms with Gasteiger partial charge in [0.15, 0.2) is 0 Å². The molecule has 3 aromatic carbocycles. The zero-order valence-electron chi connectivity index (χ0n) is 17.2. The lowest BCUT2D eigenvalue weighted by Crippen LogP contribution is -2.18. The molecule has 150 valence electrons. The van der Waals surface area contributed by atoms with Gasteiger partial charge < -0.3 is 14.8 Å². The molecule has 3 heteroatoms. The summed E-state index contributed by atoms with van der Waals surface area (Å²) < 4.78 is 11.5. The van der Waals surface area contributed by atoms with Gasteiger partial charge in [0.2, 0.25) is 0 Å². The molecule has 1 N–H and O–H groups in total. The van der Waals surface area contributed by atoms with E-state index in [0.29, 0.717) is 6.04 Å². The van der Waals surface area contributed by atoms with Crippen LogP contribution in [0.1, 0.15) is 36.9 Å². The largest absolute Gasteiger partial charge is 0.497 e. The average molecular weight is 388 g/mol. The van der Waals surface area contributed by atoms with Gasteiger partial charge in [0, 0.05) is 18.2 Å². The van der Waals surface area contributed by atoms with Crippen LogP contribution >= 0.6 is 0 Å². The Kier molecular flexibility index (Phi) is 6.16. The molecule has 0 amide bonds. The van der Waals surface area contributed by atoms with Crippen LogP contribution in [-0.4, -0.2) is 13.7 Å². The van der Waals surface area contributed by atoms with E-state index in [1.54, 1.807) is 7.11 Å². The van der Waals surface area contributed by atoms with Crippen LogP contribution in [0.5, 0.6) is 11.5 Å². The minimum atomic E-state index is 0.298. The van der Waals surface area contributed by atoms with Gasteiger partial charge in [-0.15, -0.1) is 0 Å². The first kappa shape index (κ1) is 19.5. The molecule has 1 saturated carbocycles. The quantitative estimate of drug-likeness (QED) is 0.488. The van der Waals surface area contributed by atoms with Gasteiger partial charge >= 0.3 is 0 Å². The highest BCUT2D eigenvalue weighted by molar-refractivity contribution is 5.71. The summed E-state index contributed by atoms with van der Waals surface area (Å²) in [5, 5.41) is 3.63. The lowest BCUT2D eigenvalue weighted by Gasteiger charge is -2.17. The molecule has 0 unspecified atom stereocenters. The molecule has 0 aliphatic heterocycles. The van der Waals surface area contributed by atoms with Crippen molar-refractivity contribution in [3.05, 3.63) is 83.9 Å². The van der Waals surface area contributed by atoms with Gasteiger partial charge in [-0.3, -0.25) is 0 Å². The van der Waals surface area contributed by atoms with Crippen molar-refractivity contribution in [3.8, 4) is 22.6 Å². The van der Waals surface area contributed by atoms with Crippen LogP contribution in [0.25, 0.3) is 11.1 Å². The number of hydrogen-bond donors (Lipinski definition) is 1. The number of benzene rings is 3. The Morgan fingerprint density at radius 1 is 0.966 bits per heavy atom. The van der Waals surface area contributed by atoms with Crippen LogP contribution in [0.2, 0.25) is 0 Å². The monoisotopic (exact) mass is 387 g/mol. The third kappa shape index (κ3) is 5.18. The summed E-state index contributed by atoms with van der Waals surface area (Å²) in [7, 11) is 1.69. The fraction of sp³-hybridized carbons (Fsp3) is 0.308. The van der Waals surface area contributed by atoms with E-state index in [2.05, 4.69) is 72.9 Å². The predicted molar refractivity (Wildman–Crippen MR) is 118 cm³/mol. The summed E-state index contributed by atoms with van der Waals surface area (Å²) in [6.07, 6.45) is 2.58. The summed E-state index contributed by atoms with van der Waals surface area (Å²) in [5.41, 5.74) is 4.83. The van der Waals surface area contributed by atoms with Crippen LogP contribution in [-0.2, 0) is 6.54 Å². The van der Waals surface area contributed by atoms with E-state index in [1.807, 2.05) is 12.1 Å². The Hall–Kier alpha value is -2.78. The first-order valence-electron chi connectivity index (χ1n) is 10.4. The molecule has 0 radical (unpaired) electrons. The van der Waals surface area contributed by atoms with Gasteiger partial charge in [0.1, 0.15) is 11.5 Å². The molecule has 1 aliphatic rings. The summed E-state index contributed by atoms with van der Waals surface area (Å²) in [4.78, 5) is 0. The molecule has 29 heavy (non-hydrogen) atoms. The molecular weight excluding hydrogens is 358 g/mol. The fourth-order valence-corrected chi connectivity index (χ4v) is 3.43. The molecule has 4 rings (SSSR count). The normalized spacial score (nSPS) is 14.4. The Morgan fingerprint density at radius 2 is 1.72 bits per heavy atom. The summed E-state index contributed by atoms with van der Waals surface area (Å²) >= 11 is 0. The van der Waals surface area contributed by atoms with E-state index < -0.39 is 0 Å². The molecule has 0 saturated heterocycles. The van der Waals surface area contributed by atoms with E-state index in [9.17, 15) is 0 Å². The van der Waals surface area contributed by atoms with Gasteiger partial charge in [-0.25, -0.2) is 0 Å². The Labute approximate surface area is 173 Å². The van der Waals surface area contributed by atoms with Crippen molar-refractivity contribution in [3.63, 3.8) is 0 Å². The minimum Gasteiger partial charge on any atom is -0.497 e. The molecule has 3 nitrogen and oxygen atoms in total. The second-order valence-electron chi connectivity index (χ2n) is 7.83. The second-order valence-corrected chi connectivity index (χ2v) is 7.83. The third-order valence-electron chi connectivity index (χ3n) is 5.53. The molecular formula is C26H29NO2. The van der Waals surface area contributed by atoms with Crippen molar-refractivity contribution < 1.29 is 9.47 Å². The number of methoxy groups -OCH3 is 1. The molecule has 0 aromatic heterocycles. The maximum Gasteiger partial charge on any atom is 0.127 e. The topological polar surface area (TPSA) is 30.5 Å². The van der Waals surface area contributed by atoms with Crippen molar-refractivity contribution in [2.75, 3.05) is 13.7 Å². The van der Waals surface area contributed by atoms with E-state index in [-0.39, 0.29) is 0 Å². The first-order chi connectivity index (χ1) is 14.2. The minimum absolute atomic E-state index is 0.298. The van der Waals surface area contributed by atoms with E-state index in [1.165, 1.54) is 24.0 Å². The highest BCUT2D eigenvalue weighted by Crippen LogP contribution is 2.35. The molecule has 1 fully saturated rings. The molecule has 0 heterocycles. The second kappa shape index (κ2) is 9.15. The first-order valence-corrected chi connectivity index (χ1v) is 10.4. The third-order valence-corrected chi connectivity index (χ3v) is 5.53. The van der Waals surface area contributed by atoms with Crippen LogP contribution in [0.4, 0.5) is 0 Å². The van der Waals surface area contributed by atoms with Gasteiger partial charge in [-0.2, -0.15) is 0 Å². The zero-order chi connectivity index (χ0) is 20.1. The smallest absolute Gasteiger partial charge is 0.127 e. The number of ether oxygens (including phenoxy) is 2. The SMILES string of the molecule is COc1ccc(-c2cc(CN[C@H](C)c3ccccc3)ccc2OCC2CC2)cc1.